The number of rotatable bonds is 4. The zero-order valence-electron chi connectivity index (χ0n) is 14.7. The summed E-state index contributed by atoms with van der Waals surface area (Å²) >= 11 is 0. The predicted octanol–water partition coefficient (Wildman–Crippen LogP) is 3.95. The molecule has 1 atom stereocenters. The van der Waals surface area contributed by atoms with E-state index in [2.05, 4.69) is 18.2 Å². The number of hydrogen-bond donors (Lipinski definition) is 0. The van der Waals surface area contributed by atoms with Crippen molar-refractivity contribution in [3.63, 3.8) is 0 Å². The van der Waals surface area contributed by atoms with Crippen LogP contribution in [0.1, 0.15) is 30.9 Å². The Kier molecular flexibility index (Phi) is 5.19. The van der Waals surface area contributed by atoms with E-state index < -0.39 is 5.41 Å². The van der Waals surface area contributed by atoms with Crippen LogP contribution in [-0.2, 0) is 16.6 Å². The van der Waals surface area contributed by atoms with Crippen LogP contribution in [0.15, 0.2) is 60.7 Å². The summed E-state index contributed by atoms with van der Waals surface area (Å²) < 4.78 is 0. The number of amides is 1. The smallest absolute Gasteiger partial charge is 0.233 e. The number of nitrogens with zero attached hydrogens (tertiary/aromatic N) is 2. The average molecular weight is 332 g/mol. The first-order valence-electron chi connectivity index (χ1n) is 8.92. The second-order valence-corrected chi connectivity index (χ2v) is 7.06. The Balaban J connectivity index is 1.89. The normalized spacial score (nSPS) is 17.5. The first kappa shape index (κ1) is 17.2. The molecule has 1 aliphatic rings. The van der Waals surface area contributed by atoms with Crippen molar-refractivity contribution in [3.05, 3.63) is 71.8 Å². The van der Waals surface area contributed by atoms with Crippen LogP contribution in [-0.4, -0.2) is 23.9 Å². The van der Waals surface area contributed by atoms with Crippen molar-refractivity contribution in [3.8, 4) is 6.07 Å². The van der Waals surface area contributed by atoms with E-state index in [1.54, 1.807) is 0 Å². The quantitative estimate of drug-likeness (QED) is 0.851. The van der Waals surface area contributed by atoms with Crippen molar-refractivity contribution < 1.29 is 4.79 Å². The highest BCUT2D eigenvalue weighted by molar-refractivity contribution is 5.88. The minimum atomic E-state index is -0.595. The first-order chi connectivity index (χ1) is 12.1. The molecule has 2 aromatic rings. The summed E-state index contributed by atoms with van der Waals surface area (Å²) in [6, 6.07) is 22.6. The van der Waals surface area contributed by atoms with Crippen molar-refractivity contribution in [1.29, 1.82) is 5.26 Å². The molecule has 1 amide bonds. The number of carbonyl (C=O) groups excluding carboxylic acids is 1. The molecular formula is C22H24N2O. The summed E-state index contributed by atoms with van der Waals surface area (Å²) in [4.78, 5) is 15.4. The van der Waals surface area contributed by atoms with Gasteiger partial charge in [-0.25, -0.2) is 0 Å². The van der Waals surface area contributed by atoms with E-state index in [-0.39, 0.29) is 11.8 Å². The highest BCUT2D eigenvalue weighted by atomic mass is 16.2. The molecule has 1 heterocycles. The summed E-state index contributed by atoms with van der Waals surface area (Å²) in [6.07, 6.45) is 2.23. The fourth-order valence-corrected chi connectivity index (χ4v) is 3.67. The van der Waals surface area contributed by atoms with Gasteiger partial charge in [-0.3, -0.25) is 4.79 Å². The maximum atomic E-state index is 13.5. The fraction of sp³-hybridized carbons (Fsp3) is 0.364. The maximum Gasteiger partial charge on any atom is 0.233 e. The Morgan fingerprint density at radius 2 is 1.64 bits per heavy atom. The number of piperidine rings is 1. The fourth-order valence-electron chi connectivity index (χ4n) is 3.67. The van der Waals surface area contributed by atoms with E-state index in [1.807, 2.05) is 60.4 Å². The summed E-state index contributed by atoms with van der Waals surface area (Å²) in [5.41, 5.74) is 1.61. The number of hydrogen-bond acceptors (Lipinski definition) is 2. The third kappa shape index (κ3) is 3.74. The van der Waals surface area contributed by atoms with Gasteiger partial charge in [0.25, 0.3) is 0 Å². The van der Waals surface area contributed by atoms with Gasteiger partial charge < -0.3 is 4.90 Å². The van der Waals surface area contributed by atoms with Crippen LogP contribution in [0, 0.1) is 17.2 Å². The number of benzene rings is 2. The largest absolute Gasteiger partial charge is 0.342 e. The highest BCUT2D eigenvalue weighted by Crippen LogP contribution is 2.32. The van der Waals surface area contributed by atoms with Gasteiger partial charge in [-0.05, 0) is 37.3 Å². The summed E-state index contributed by atoms with van der Waals surface area (Å²) in [7, 11) is 0. The summed E-state index contributed by atoms with van der Waals surface area (Å²) in [6.45, 7) is 3.40. The molecule has 2 aromatic carbocycles. The third-order valence-electron chi connectivity index (χ3n) is 5.25. The SMILES string of the molecule is CC(Cc1ccccc1)(C(=O)N1CCC(C#N)CC1)c1ccccc1. The van der Waals surface area contributed by atoms with Crippen molar-refractivity contribution in [2.24, 2.45) is 5.92 Å². The molecular weight excluding hydrogens is 308 g/mol. The Labute approximate surface area is 149 Å². The van der Waals surface area contributed by atoms with Gasteiger partial charge in [0.15, 0.2) is 0 Å². The van der Waals surface area contributed by atoms with Crippen LogP contribution < -0.4 is 0 Å². The lowest BCUT2D eigenvalue weighted by Gasteiger charge is -2.38. The molecule has 0 radical (unpaired) electrons. The average Bonchev–Trinajstić information content (AvgIpc) is 2.69. The summed E-state index contributed by atoms with van der Waals surface area (Å²) in [5.74, 6) is 0.250. The van der Waals surface area contributed by atoms with Crippen LogP contribution >= 0.6 is 0 Å². The lowest BCUT2D eigenvalue weighted by atomic mass is 9.75. The van der Waals surface area contributed by atoms with Gasteiger partial charge in [0.1, 0.15) is 0 Å². The molecule has 25 heavy (non-hydrogen) atoms. The molecule has 1 saturated heterocycles. The van der Waals surface area contributed by atoms with Crippen LogP contribution in [0.2, 0.25) is 0 Å². The highest BCUT2D eigenvalue weighted by Gasteiger charge is 2.39. The third-order valence-corrected chi connectivity index (χ3v) is 5.25. The Morgan fingerprint density at radius 1 is 1.08 bits per heavy atom. The van der Waals surface area contributed by atoms with Gasteiger partial charge in [-0.1, -0.05) is 60.7 Å². The van der Waals surface area contributed by atoms with Gasteiger partial charge in [0.05, 0.1) is 11.5 Å². The molecule has 3 heteroatoms. The van der Waals surface area contributed by atoms with E-state index >= 15 is 0 Å². The zero-order valence-corrected chi connectivity index (χ0v) is 14.7. The lowest BCUT2D eigenvalue weighted by Crippen LogP contribution is -2.49. The minimum Gasteiger partial charge on any atom is -0.342 e. The number of carbonyl (C=O) groups is 1. The molecule has 0 aromatic heterocycles. The maximum absolute atomic E-state index is 13.5. The monoisotopic (exact) mass is 332 g/mol. The molecule has 0 bridgehead atoms. The van der Waals surface area contributed by atoms with E-state index in [9.17, 15) is 4.79 Å². The van der Waals surface area contributed by atoms with Crippen LogP contribution in [0.3, 0.4) is 0 Å². The van der Waals surface area contributed by atoms with Crippen LogP contribution in [0.5, 0.6) is 0 Å². The Hall–Kier alpha value is -2.60. The molecule has 1 unspecified atom stereocenters. The number of likely N-dealkylation sites (tertiary alicyclic amines) is 1. The van der Waals surface area contributed by atoms with Gasteiger partial charge >= 0.3 is 0 Å². The minimum absolute atomic E-state index is 0.0844. The molecule has 1 fully saturated rings. The molecule has 3 rings (SSSR count). The molecule has 3 nitrogen and oxygen atoms in total. The van der Waals surface area contributed by atoms with E-state index in [0.717, 1.165) is 24.0 Å². The Morgan fingerprint density at radius 3 is 2.20 bits per heavy atom. The van der Waals surface area contributed by atoms with Gasteiger partial charge in [-0.15, -0.1) is 0 Å². The van der Waals surface area contributed by atoms with Gasteiger partial charge in [0.2, 0.25) is 5.91 Å². The lowest BCUT2D eigenvalue weighted by molar-refractivity contribution is -0.138. The van der Waals surface area contributed by atoms with E-state index in [4.69, 9.17) is 5.26 Å². The predicted molar refractivity (Wildman–Crippen MR) is 98.9 cm³/mol. The molecule has 0 spiro atoms. The standard InChI is InChI=1S/C22H24N2O/c1-22(20-10-6-3-7-11-20,16-18-8-4-2-5-9-18)21(25)24-14-12-19(17-23)13-15-24/h2-11,19H,12-16H2,1H3. The van der Waals surface area contributed by atoms with Gasteiger partial charge in [-0.2, -0.15) is 5.26 Å². The van der Waals surface area contributed by atoms with Crippen LogP contribution in [0.4, 0.5) is 0 Å². The summed E-state index contributed by atoms with van der Waals surface area (Å²) in [5, 5.41) is 9.10. The van der Waals surface area contributed by atoms with E-state index in [1.165, 1.54) is 0 Å². The van der Waals surface area contributed by atoms with Crippen molar-refractivity contribution >= 4 is 5.91 Å². The second kappa shape index (κ2) is 7.53. The van der Waals surface area contributed by atoms with E-state index in [0.29, 0.717) is 19.5 Å². The molecule has 0 aliphatic carbocycles. The van der Waals surface area contributed by atoms with Crippen molar-refractivity contribution in [2.75, 3.05) is 13.1 Å². The number of nitriles is 1. The van der Waals surface area contributed by atoms with Crippen molar-refractivity contribution in [1.82, 2.24) is 4.90 Å². The zero-order chi connectivity index (χ0) is 17.7. The first-order valence-corrected chi connectivity index (χ1v) is 8.92. The van der Waals surface area contributed by atoms with Crippen molar-refractivity contribution in [2.45, 2.75) is 31.6 Å². The molecule has 0 N–H and O–H groups in total. The molecule has 128 valence electrons. The second-order valence-electron chi connectivity index (χ2n) is 7.06. The van der Waals surface area contributed by atoms with Gasteiger partial charge in [0, 0.05) is 19.0 Å². The topological polar surface area (TPSA) is 44.1 Å². The molecule has 0 saturated carbocycles. The van der Waals surface area contributed by atoms with Crippen LogP contribution in [0.25, 0.3) is 0 Å². The molecule has 1 aliphatic heterocycles. The Bertz CT molecular complexity index is 743.